The number of carboxylic acid groups (broad SMARTS) is 1. The van der Waals surface area contributed by atoms with E-state index in [1.165, 1.54) is 6.20 Å². The summed E-state index contributed by atoms with van der Waals surface area (Å²) in [6.07, 6.45) is 1.38. The number of rotatable bonds is 4. The number of nitrogens with zero attached hydrogens (tertiary/aromatic N) is 1. The van der Waals surface area contributed by atoms with Crippen molar-refractivity contribution in [2.45, 2.75) is 24.1 Å². The highest BCUT2D eigenvalue weighted by atomic mass is 33.1. The maximum atomic E-state index is 10.5. The lowest BCUT2D eigenvalue weighted by Gasteiger charge is -2.02. The molecule has 0 saturated carbocycles. The first-order chi connectivity index (χ1) is 6.59. The molecule has 1 N–H and O–H groups in total. The van der Waals surface area contributed by atoms with Gasteiger partial charge < -0.3 is 5.11 Å². The van der Waals surface area contributed by atoms with Crippen LogP contribution in [0.4, 0.5) is 0 Å². The highest BCUT2D eigenvalue weighted by Gasteiger charge is 2.04. The van der Waals surface area contributed by atoms with Gasteiger partial charge in [-0.1, -0.05) is 24.6 Å². The van der Waals surface area contributed by atoms with E-state index in [-0.39, 0.29) is 5.56 Å². The number of pyridine rings is 1. The van der Waals surface area contributed by atoms with E-state index in [1.54, 1.807) is 33.7 Å². The van der Waals surface area contributed by atoms with Crippen molar-refractivity contribution in [1.29, 1.82) is 0 Å². The Bertz CT molecular complexity index is 311. The second kappa shape index (κ2) is 5.26. The smallest absolute Gasteiger partial charge is 0.337 e. The van der Waals surface area contributed by atoms with Crippen LogP contribution in [0.1, 0.15) is 24.2 Å². The fraction of sp³-hybridized carbons (Fsp3) is 0.333. The number of hydrogen-bond donors (Lipinski definition) is 1. The summed E-state index contributed by atoms with van der Waals surface area (Å²) in [4.78, 5) is 14.6. The van der Waals surface area contributed by atoms with Gasteiger partial charge in [-0.25, -0.2) is 9.78 Å². The molecule has 76 valence electrons. The van der Waals surface area contributed by atoms with Crippen LogP contribution in [0.5, 0.6) is 0 Å². The van der Waals surface area contributed by atoms with Crippen LogP contribution in [-0.2, 0) is 0 Å². The maximum Gasteiger partial charge on any atom is 0.337 e. The number of carbonyl (C=O) groups is 1. The van der Waals surface area contributed by atoms with Gasteiger partial charge >= 0.3 is 5.97 Å². The molecule has 0 aliphatic carbocycles. The van der Waals surface area contributed by atoms with Crippen molar-refractivity contribution < 1.29 is 9.90 Å². The third kappa shape index (κ3) is 3.59. The summed E-state index contributed by atoms with van der Waals surface area (Å²) in [6, 6.07) is 3.29. The van der Waals surface area contributed by atoms with E-state index in [4.69, 9.17) is 5.11 Å². The molecule has 3 nitrogen and oxygen atoms in total. The summed E-state index contributed by atoms with van der Waals surface area (Å²) in [5.74, 6) is -0.939. The molecule has 0 aliphatic heterocycles. The van der Waals surface area contributed by atoms with Gasteiger partial charge in [0.1, 0.15) is 5.03 Å². The minimum atomic E-state index is -0.939. The minimum Gasteiger partial charge on any atom is -0.478 e. The topological polar surface area (TPSA) is 50.2 Å². The summed E-state index contributed by atoms with van der Waals surface area (Å²) in [5.41, 5.74) is 0.226. The highest BCUT2D eigenvalue weighted by Crippen LogP contribution is 2.32. The van der Waals surface area contributed by atoms with E-state index in [9.17, 15) is 4.79 Å². The normalized spacial score (nSPS) is 10.5. The molecule has 0 amide bonds. The van der Waals surface area contributed by atoms with Gasteiger partial charge in [0.2, 0.25) is 0 Å². The van der Waals surface area contributed by atoms with Gasteiger partial charge in [0.05, 0.1) is 5.56 Å². The van der Waals surface area contributed by atoms with Crippen LogP contribution in [0, 0.1) is 0 Å². The number of aromatic nitrogens is 1. The average molecular weight is 229 g/mol. The van der Waals surface area contributed by atoms with Crippen LogP contribution >= 0.6 is 21.6 Å². The van der Waals surface area contributed by atoms with Crippen LogP contribution < -0.4 is 0 Å². The molecule has 0 unspecified atom stereocenters. The summed E-state index contributed by atoms with van der Waals surface area (Å²) in [6.45, 7) is 4.20. The minimum absolute atomic E-state index is 0.226. The molecular weight excluding hydrogens is 218 g/mol. The van der Waals surface area contributed by atoms with Crippen molar-refractivity contribution in [1.82, 2.24) is 4.98 Å². The molecule has 0 fully saturated rings. The fourth-order valence-corrected chi connectivity index (χ4v) is 2.38. The number of carboxylic acids is 1. The monoisotopic (exact) mass is 229 g/mol. The summed E-state index contributed by atoms with van der Waals surface area (Å²) >= 11 is 0. The zero-order valence-electron chi connectivity index (χ0n) is 7.93. The predicted octanol–water partition coefficient (Wildman–Crippen LogP) is 2.93. The molecule has 0 aromatic carbocycles. The molecule has 0 bridgehead atoms. The molecule has 1 aromatic heterocycles. The lowest BCUT2D eigenvalue weighted by molar-refractivity contribution is 0.0696. The van der Waals surface area contributed by atoms with Gasteiger partial charge in [0.25, 0.3) is 0 Å². The lowest BCUT2D eigenvalue weighted by Crippen LogP contribution is -1.96. The van der Waals surface area contributed by atoms with E-state index in [0.717, 1.165) is 5.03 Å². The fourth-order valence-electron chi connectivity index (χ4n) is 0.702. The summed E-state index contributed by atoms with van der Waals surface area (Å²) < 4.78 is 0. The summed E-state index contributed by atoms with van der Waals surface area (Å²) in [7, 11) is 3.27. The Morgan fingerprint density at radius 2 is 2.21 bits per heavy atom. The molecule has 1 heterocycles. The molecule has 0 saturated heterocycles. The quantitative estimate of drug-likeness (QED) is 0.804. The van der Waals surface area contributed by atoms with Crippen molar-refractivity contribution in [3.8, 4) is 0 Å². The highest BCUT2D eigenvalue weighted by molar-refractivity contribution is 8.76. The Hall–Kier alpha value is -0.680. The zero-order valence-corrected chi connectivity index (χ0v) is 9.56. The van der Waals surface area contributed by atoms with Crippen molar-refractivity contribution in [2.75, 3.05) is 0 Å². The van der Waals surface area contributed by atoms with Crippen LogP contribution in [0.2, 0.25) is 0 Å². The number of aromatic carboxylic acids is 1. The molecule has 5 heteroatoms. The van der Waals surface area contributed by atoms with Gasteiger partial charge in [-0.2, -0.15) is 0 Å². The first-order valence-corrected chi connectivity index (χ1v) is 6.33. The molecular formula is C9H11NO2S2. The van der Waals surface area contributed by atoms with E-state index >= 15 is 0 Å². The summed E-state index contributed by atoms with van der Waals surface area (Å²) in [5, 5.41) is 10.0. The van der Waals surface area contributed by atoms with Crippen molar-refractivity contribution >= 4 is 27.6 Å². The van der Waals surface area contributed by atoms with Crippen molar-refractivity contribution in [2.24, 2.45) is 0 Å². The molecule has 0 spiro atoms. The van der Waals surface area contributed by atoms with Crippen LogP contribution in [0.15, 0.2) is 23.4 Å². The zero-order chi connectivity index (χ0) is 10.6. The molecule has 1 rings (SSSR count). The average Bonchev–Trinajstić information content (AvgIpc) is 2.15. The number of hydrogen-bond acceptors (Lipinski definition) is 4. The second-order valence-electron chi connectivity index (χ2n) is 2.92. The lowest BCUT2D eigenvalue weighted by atomic mass is 10.3. The Balaban J connectivity index is 2.60. The van der Waals surface area contributed by atoms with E-state index in [0.29, 0.717) is 5.25 Å². The first-order valence-electron chi connectivity index (χ1n) is 4.12. The predicted molar refractivity (Wildman–Crippen MR) is 59.8 cm³/mol. The van der Waals surface area contributed by atoms with Gasteiger partial charge in [-0.3, -0.25) is 0 Å². The Labute approximate surface area is 90.7 Å². The van der Waals surface area contributed by atoms with Gasteiger partial charge in [-0.05, 0) is 22.9 Å². The van der Waals surface area contributed by atoms with E-state index in [2.05, 4.69) is 18.8 Å². The third-order valence-electron chi connectivity index (χ3n) is 1.31. The van der Waals surface area contributed by atoms with Gasteiger partial charge in [-0.15, -0.1) is 0 Å². The van der Waals surface area contributed by atoms with Gasteiger partial charge in [0, 0.05) is 11.4 Å². The second-order valence-corrected chi connectivity index (χ2v) is 5.72. The molecule has 0 aliphatic rings. The molecule has 14 heavy (non-hydrogen) atoms. The Kier molecular flexibility index (Phi) is 4.28. The van der Waals surface area contributed by atoms with Crippen LogP contribution in [-0.4, -0.2) is 21.3 Å². The van der Waals surface area contributed by atoms with Crippen LogP contribution in [0.25, 0.3) is 0 Å². The van der Waals surface area contributed by atoms with Crippen LogP contribution in [0.3, 0.4) is 0 Å². The van der Waals surface area contributed by atoms with E-state index in [1.807, 2.05) is 0 Å². The van der Waals surface area contributed by atoms with E-state index < -0.39 is 5.97 Å². The van der Waals surface area contributed by atoms with Crippen molar-refractivity contribution in [3.05, 3.63) is 23.9 Å². The molecule has 0 atom stereocenters. The standard InChI is InChI=1S/C9H11NO2S2/c1-6(2)13-14-8-4-3-7(5-10-8)9(11)12/h3-6H,1-2H3,(H,11,12). The Morgan fingerprint density at radius 3 is 2.64 bits per heavy atom. The Morgan fingerprint density at radius 1 is 1.50 bits per heavy atom. The first kappa shape index (κ1) is 11.4. The van der Waals surface area contributed by atoms with Gasteiger partial charge in [0.15, 0.2) is 0 Å². The molecule has 1 aromatic rings. The SMILES string of the molecule is CC(C)SSc1ccc(C(=O)O)cn1. The largest absolute Gasteiger partial charge is 0.478 e. The molecule has 0 radical (unpaired) electrons. The maximum absolute atomic E-state index is 10.5. The van der Waals surface area contributed by atoms with Crippen molar-refractivity contribution in [3.63, 3.8) is 0 Å². The third-order valence-corrected chi connectivity index (χ3v) is 4.16.